The van der Waals surface area contributed by atoms with Crippen LogP contribution in [0.3, 0.4) is 0 Å². The molecule has 1 aromatic carbocycles. The Kier molecular flexibility index (Phi) is 6.57. The first-order valence-corrected chi connectivity index (χ1v) is 7.67. The van der Waals surface area contributed by atoms with Crippen LogP contribution in [0.25, 0.3) is 0 Å². The van der Waals surface area contributed by atoms with Gasteiger partial charge in [-0.1, -0.05) is 38.5 Å². The summed E-state index contributed by atoms with van der Waals surface area (Å²) in [5, 5.41) is 3.56. The molecule has 1 atom stereocenters. The highest BCUT2D eigenvalue weighted by Gasteiger charge is 2.07. The topological polar surface area (TPSA) is 12.0 Å². The number of rotatable bonds is 7. The van der Waals surface area contributed by atoms with Gasteiger partial charge >= 0.3 is 0 Å². The third-order valence-electron chi connectivity index (χ3n) is 3.77. The van der Waals surface area contributed by atoms with E-state index in [2.05, 4.69) is 59.0 Å². The monoisotopic (exact) mass is 261 g/mol. The molecular formula is C18H31N. The van der Waals surface area contributed by atoms with Gasteiger partial charge in [0, 0.05) is 0 Å². The summed E-state index contributed by atoms with van der Waals surface area (Å²) in [7, 11) is 0. The van der Waals surface area contributed by atoms with E-state index >= 15 is 0 Å². The second kappa shape index (κ2) is 7.69. The van der Waals surface area contributed by atoms with Crippen molar-refractivity contribution in [3.8, 4) is 0 Å². The summed E-state index contributed by atoms with van der Waals surface area (Å²) in [6.07, 6.45) is 2.48. The van der Waals surface area contributed by atoms with E-state index in [1.807, 2.05) is 0 Å². The molecule has 108 valence electrons. The molecule has 0 aliphatic heterocycles. The second-order valence-corrected chi connectivity index (χ2v) is 6.57. The molecule has 0 spiro atoms. The highest BCUT2D eigenvalue weighted by molar-refractivity contribution is 5.37. The van der Waals surface area contributed by atoms with Crippen molar-refractivity contribution in [3.05, 3.63) is 34.4 Å². The van der Waals surface area contributed by atoms with Crippen LogP contribution in [0.2, 0.25) is 0 Å². The standard InChI is InChI=1S/C18H31N/c1-13(2)11-19-12-14(3)7-8-18-16(5)9-15(4)10-17(18)6/h9-10,13-14,19H,7-8,11-12H2,1-6H3. The first kappa shape index (κ1) is 16.2. The van der Waals surface area contributed by atoms with E-state index in [1.165, 1.54) is 29.5 Å². The Labute approximate surface area is 119 Å². The fourth-order valence-electron chi connectivity index (χ4n) is 2.72. The Morgan fingerprint density at radius 3 is 2.05 bits per heavy atom. The number of nitrogens with one attached hydrogen (secondary N) is 1. The Hall–Kier alpha value is -0.820. The maximum absolute atomic E-state index is 3.56. The second-order valence-electron chi connectivity index (χ2n) is 6.57. The minimum absolute atomic E-state index is 0.744. The van der Waals surface area contributed by atoms with Crippen molar-refractivity contribution < 1.29 is 0 Å². The van der Waals surface area contributed by atoms with E-state index in [4.69, 9.17) is 0 Å². The summed E-state index contributed by atoms with van der Waals surface area (Å²) in [6.45, 7) is 15.8. The number of hydrogen-bond donors (Lipinski definition) is 1. The van der Waals surface area contributed by atoms with Gasteiger partial charge in [0.1, 0.15) is 0 Å². The lowest BCUT2D eigenvalue weighted by atomic mass is 9.93. The van der Waals surface area contributed by atoms with Gasteiger partial charge in [0.2, 0.25) is 0 Å². The smallest absolute Gasteiger partial charge is 0.00229 e. The maximum atomic E-state index is 3.56. The van der Waals surface area contributed by atoms with Crippen LogP contribution < -0.4 is 5.32 Å². The molecule has 1 N–H and O–H groups in total. The van der Waals surface area contributed by atoms with Crippen LogP contribution in [-0.4, -0.2) is 13.1 Å². The molecule has 0 aliphatic rings. The van der Waals surface area contributed by atoms with Gasteiger partial charge < -0.3 is 5.32 Å². The van der Waals surface area contributed by atoms with Crippen LogP contribution >= 0.6 is 0 Å². The normalized spacial score (nSPS) is 13.0. The molecule has 1 rings (SSSR count). The van der Waals surface area contributed by atoms with E-state index in [9.17, 15) is 0 Å². The molecule has 0 heterocycles. The molecule has 19 heavy (non-hydrogen) atoms. The predicted octanol–water partition coefficient (Wildman–Crippen LogP) is 4.43. The van der Waals surface area contributed by atoms with E-state index in [1.54, 1.807) is 5.56 Å². The summed E-state index contributed by atoms with van der Waals surface area (Å²) in [5.41, 5.74) is 5.85. The van der Waals surface area contributed by atoms with Gasteiger partial charge in [-0.25, -0.2) is 0 Å². The predicted molar refractivity (Wildman–Crippen MR) is 85.8 cm³/mol. The molecule has 0 saturated carbocycles. The minimum atomic E-state index is 0.744. The van der Waals surface area contributed by atoms with Gasteiger partial charge in [-0.2, -0.15) is 0 Å². The van der Waals surface area contributed by atoms with Gasteiger partial charge in [0.25, 0.3) is 0 Å². The summed E-state index contributed by atoms with van der Waals surface area (Å²) in [4.78, 5) is 0. The first-order chi connectivity index (χ1) is 8.90. The van der Waals surface area contributed by atoms with Crippen molar-refractivity contribution in [1.82, 2.24) is 5.32 Å². The van der Waals surface area contributed by atoms with Gasteiger partial charge in [0.15, 0.2) is 0 Å². The fraction of sp³-hybridized carbons (Fsp3) is 0.667. The molecule has 0 aromatic heterocycles. The fourth-order valence-corrected chi connectivity index (χ4v) is 2.72. The molecule has 0 saturated heterocycles. The van der Waals surface area contributed by atoms with Gasteiger partial charge in [-0.3, -0.25) is 0 Å². The quantitative estimate of drug-likeness (QED) is 0.766. The Balaban J connectivity index is 2.44. The van der Waals surface area contributed by atoms with Crippen molar-refractivity contribution in [3.63, 3.8) is 0 Å². The molecule has 0 bridgehead atoms. The highest BCUT2D eigenvalue weighted by Crippen LogP contribution is 2.19. The van der Waals surface area contributed by atoms with Crippen molar-refractivity contribution in [1.29, 1.82) is 0 Å². The molecular weight excluding hydrogens is 230 g/mol. The molecule has 0 amide bonds. The number of hydrogen-bond acceptors (Lipinski definition) is 1. The van der Waals surface area contributed by atoms with E-state index in [0.717, 1.165) is 24.9 Å². The van der Waals surface area contributed by atoms with Crippen LogP contribution in [0.1, 0.15) is 49.4 Å². The molecule has 0 fully saturated rings. The average molecular weight is 261 g/mol. The molecule has 1 nitrogen and oxygen atoms in total. The Morgan fingerprint density at radius 2 is 1.53 bits per heavy atom. The van der Waals surface area contributed by atoms with Crippen LogP contribution in [0.15, 0.2) is 12.1 Å². The van der Waals surface area contributed by atoms with E-state index in [0.29, 0.717) is 0 Å². The summed E-state index contributed by atoms with van der Waals surface area (Å²) >= 11 is 0. The van der Waals surface area contributed by atoms with Gasteiger partial charge in [-0.05, 0) is 75.2 Å². The zero-order valence-corrected chi connectivity index (χ0v) is 13.6. The van der Waals surface area contributed by atoms with Gasteiger partial charge in [-0.15, -0.1) is 0 Å². The lowest BCUT2D eigenvalue weighted by Gasteiger charge is -2.16. The zero-order valence-electron chi connectivity index (χ0n) is 13.6. The first-order valence-electron chi connectivity index (χ1n) is 7.67. The van der Waals surface area contributed by atoms with Crippen molar-refractivity contribution in [2.75, 3.05) is 13.1 Å². The SMILES string of the molecule is Cc1cc(C)c(CCC(C)CNCC(C)C)c(C)c1. The van der Waals surface area contributed by atoms with Crippen LogP contribution in [0, 0.1) is 32.6 Å². The largest absolute Gasteiger partial charge is 0.316 e. The molecule has 1 aromatic rings. The summed E-state index contributed by atoms with van der Waals surface area (Å²) in [6, 6.07) is 4.62. The van der Waals surface area contributed by atoms with Crippen LogP contribution in [0.4, 0.5) is 0 Å². The zero-order chi connectivity index (χ0) is 14.4. The van der Waals surface area contributed by atoms with Crippen molar-refractivity contribution in [2.24, 2.45) is 11.8 Å². The van der Waals surface area contributed by atoms with E-state index < -0.39 is 0 Å². The lowest BCUT2D eigenvalue weighted by molar-refractivity contribution is 0.453. The minimum Gasteiger partial charge on any atom is -0.316 e. The lowest BCUT2D eigenvalue weighted by Crippen LogP contribution is -2.25. The number of benzene rings is 1. The van der Waals surface area contributed by atoms with E-state index in [-0.39, 0.29) is 0 Å². The summed E-state index contributed by atoms with van der Waals surface area (Å²) in [5.74, 6) is 1.49. The average Bonchev–Trinajstić information content (AvgIpc) is 2.26. The maximum Gasteiger partial charge on any atom is -0.00229 e. The van der Waals surface area contributed by atoms with Crippen molar-refractivity contribution >= 4 is 0 Å². The van der Waals surface area contributed by atoms with Crippen LogP contribution in [0.5, 0.6) is 0 Å². The number of aryl methyl sites for hydroxylation is 3. The van der Waals surface area contributed by atoms with Crippen LogP contribution in [-0.2, 0) is 6.42 Å². The molecule has 0 radical (unpaired) electrons. The van der Waals surface area contributed by atoms with Gasteiger partial charge in [0.05, 0.1) is 0 Å². The summed E-state index contributed by atoms with van der Waals surface area (Å²) < 4.78 is 0. The third-order valence-corrected chi connectivity index (χ3v) is 3.77. The highest BCUT2D eigenvalue weighted by atomic mass is 14.9. The molecule has 1 heteroatoms. The third kappa shape index (κ3) is 5.78. The Morgan fingerprint density at radius 1 is 0.947 bits per heavy atom. The van der Waals surface area contributed by atoms with Crippen molar-refractivity contribution in [2.45, 2.75) is 54.4 Å². The molecule has 1 unspecified atom stereocenters. The molecule has 0 aliphatic carbocycles. The Bertz CT molecular complexity index is 370.